The highest BCUT2D eigenvalue weighted by Crippen LogP contribution is 2.24. The van der Waals surface area contributed by atoms with Crippen LogP contribution in [-0.4, -0.2) is 33.5 Å². The monoisotopic (exact) mass is 480 g/mol. The van der Waals surface area contributed by atoms with Crippen LogP contribution in [0.15, 0.2) is 83.8 Å². The average Bonchev–Trinajstić information content (AvgIpc) is 2.80. The van der Waals surface area contributed by atoms with E-state index in [1.807, 2.05) is 51.1 Å². The number of ether oxygens (including phenoxy) is 1. The van der Waals surface area contributed by atoms with E-state index in [0.717, 1.165) is 34.0 Å². The van der Waals surface area contributed by atoms with Crippen molar-refractivity contribution in [2.45, 2.75) is 44.6 Å². The Bertz CT molecular complexity index is 1190. The van der Waals surface area contributed by atoms with E-state index < -0.39 is 10.0 Å². The van der Waals surface area contributed by atoms with E-state index in [0.29, 0.717) is 12.2 Å². The molecule has 0 heterocycles. The highest BCUT2D eigenvalue weighted by atomic mass is 32.2. The van der Waals surface area contributed by atoms with Crippen LogP contribution in [0.5, 0.6) is 5.75 Å². The molecular weight excluding hydrogens is 448 g/mol. The number of nitrogens with one attached hydrogen (secondary N) is 1. The van der Waals surface area contributed by atoms with Crippen LogP contribution in [0.1, 0.15) is 31.4 Å². The van der Waals surface area contributed by atoms with Gasteiger partial charge in [-0.3, -0.25) is 9.10 Å². The first-order valence-electron chi connectivity index (χ1n) is 11.4. The van der Waals surface area contributed by atoms with Crippen LogP contribution in [0.3, 0.4) is 0 Å². The predicted molar refractivity (Wildman–Crippen MR) is 136 cm³/mol. The molecule has 0 aromatic heterocycles. The SMILES string of the molecule is Cc1cccc(N(CC(=O)NCCCc2cccc(OC(C)C)c2)S(=O)(=O)c2ccccc2)c1. The van der Waals surface area contributed by atoms with Gasteiger partial charge in [-0.1, -0.05) is 42.5 Å². The molecule has 3 aromatic carbocycles. The Hall–Kier alpha value is -3.32. The molecule has 6 nitrogen and oxygen atoms in total. The van der Waals surface area contributed by atoms with Gasteiger partial charge in [0.1, 0.15) is 12.3 Å². The van der Waals surface area contributed by atoms with Gasteiger partial charge in [0.25, 0.3) is 10.0 Å². The summed E-state index contributed by atoms with van der Waals surface area (Å²) in [6.07, 6.45) is 1.62. The van der Waals surface area contributed by atoms with Gasteiger partial charge in [0.05, 0.1) is 16.7 Å². The first-order valence-corrected chi connectivity index (χ1v) is 12.9. The van der Waals surface area contributed by atoms with Crippen molar-refractivity contribution in [1.82, 2.24) is 5.32 Å². The van der Waals surface area contributed by atoms with Gasteiger partial charge in [-0.05, 0) is 81.1 Å². The molecule has 0 fully saturated rings. The number of amides is 1. The normalized spacial score (nSPS) is 11.3. The number of hydrogen-bond acceptors (Lipinski definition) is 4. The van der Waals surface area contributed by atoms with Gasteiger partial charge < -0.3 is 10.1 Å². The molecule has 0 spiro atoms. The van der Waals surface area contributed by atoms with Crippen LogP contribution in [0, 0.1) is 6.92 Å². The summed E-state index contributed by atoms with van der Waals surface area (Å²) in [5.41, 5.74) is 2.50. The van der Waals surface area contributed by atoms with Gasteiger partial charge in [0.2, 0.25) is 5.91 Å². The van der Waals surface area contributed by atoms with Crippen molar-refractivity contribution in [3.05, 3.63) is 90.0 Å². The predicted octanol–water partition coefficient (Wildman–Crippen LogP) is 4.73. The lowest BCUT2D eigenvalue weighted by atomic mass is 10.1. The van der Waals surface area contributed by atoms with Gasteiger partial charge >= 0.3 is 0 Å². The zero-order chi connectivity index (χ0) is 24.6. The van der Waals surface area contributed by atoms with Crippen LogP contribution < -0.4 is 14.4 Å². The Balaban J connectivity index is 1.64. The summed E-state index contributed by atoms with van der Waals surface area (Å²) in [5, 5.41) is 2.86. The Morgan fingerprint density at radius 3 is 2.41 bits per heavy atom. The Labute approximate surface area is 202 Å². The number of carbonyl (C=O) groups excluding carboxylic acids is 1. The Morgan fingerprint density at radius 1 is 0.971 bits per heavy atom. The van der Waals surface area contributed by atoms with Crippen LogP contribution in [0.4, 0.5) is 5.69 Å². The van der Waals surface area contributed by atoms with E-state index in [9.17, 15) is 13.2 Å². The molecule has 0 radical (unpaired) electrons. The standard InChI is InChI=1S/C27H32N2O4S/c1-21(2)33-25-14-8-11-23(19-25)12-9-17-28-27(30)20-29(24-13-7-10-22(3)18-24)34(31,32)26-15-5-4-6-16-26/h4-8,10-11,13-16,18-19,21H,9,12,17,20H2,1-3H3,(H,28,30). The average molecular weight is 481 g/mol. The molecule has 0 atom stereocenters. The van der Waals surface area contributed by atoms with E-state index >= 15 is 0 Å². The van der Waals surface area contributed by atoms with E-state index in [-0.39, 0.29) is 23.5 Å². The van der Waals surface area contributed by atoms with Gasteiger partial charge in [-0.2, -0.15) is 0 Å². The fourth-order valence-corrected chi connectivity index (χ4v) is 5.00. The van der Waals surface area contributed by atoms with Crippen molar-refractivity contribution in [1.29, 1.82) is 0 Å². The first-order chi connectivity index (χ1) is 16.3. The molecule has 0 aliphatic heterocycles. The second kappa shape index (κ2) is 11.7. The van der Waals surface area contributed by atoms with Crippen molar-refractivity contribution in [3.8, 4) is 5.75 Å². The Kier molecular flexibility index (Phi) is 8.71. The molecule has 34 heavy (non-hydrogen) atoms. The first kappa shape index (κ1) is 25.3. The van der Waals surface area contributed by atoms with E-state index in [4.69, 9.17) is 4.74 Å². The number of benzene rings is 3. The van der Waals surface area contributed by atoms with Gasteiger partial charge in [-0.25, -0.2) is 8.42 Å². The van der Waals surface area contributed by atoms with Crippen molar-refractivity contribution < 1.29 is 17.9 Å². The summed E-state index contributed by atoms with van der Waals surface area (Å²) < 4.78 is 33.6. The molecule has 180 valence electrons. The van der Waals surface area contributed by atoms with E-state index in [1.165, 1.54) is 12.1 Å². The van der Waals surface area contributed by atoms with Crippen molar-refractivity contribution >= 4 is 21.6 Å². The summed E-state index contributed by atoms with van der Waals surface area (Å²) in [5.74, 6) is 0.481. The fourth-order valence-electron chi connectivity index (χ4n) is 3.57. The number of rotatable bonds is 11. The molecular formula is C27H32N2O4S. The second-order valence-electron chi connectivity index (χ2n) is 8.43. The number of carbonyl (C=O) groups is 1. The number of aryl methyl sites for hydroxylation is 2. The summed E-state index contributed by atoms with van der Waals surface area (Å²) in [4.78, 5) is 12.9. The third-order valence-electron chi connectivity index (χ3n) is 5.14. The Morgan fingerprint density at radius 2 is 1.71 bits per heavy atom. The van der Waals surface area contributed by atoms with Crippen molar-refractivity contribution in [2.75, 3.05) is 17.4 Å². The summed E-state index contributed by atoms with van der Waals surface area (Å²) >= 11 is 0. The minimum absolute atomic E-state index is 0.109. The minimum atomic E-state index is -3.90. The molecule has 0 saturated carbocycles. The topological polar surface area (TPSA) is 75.7 Å². The quantitative estimate of drug-likeness (QED) is 0.403. The molecule has 3 rings (SSSR count). The van der Waals surface area contributed by atoms with Crippen LogP contribution in [-0.2, 0) is 21.2 Å². The minimum Gasteiger partial charge on any atom is -0.491 e. The maximum absolute atomic E-state index is 13.3. The second-order valence-corrected chi connectivity index (χ2v) is 10.3. The van der Waals surface area contributed by atoms with Crippen LogP contribution >= 0.6 is 0 Å². The zero-order valence-corrected chi connectivity index (χ0v) is 20.7. The van der Waals surface area contributed by atoms with Crippen LogP contribution in [0.25, 0.3) is 0 Å². The fraction of sp³-hybridized carbons (Fsp3) is 0.296. The van der Waals surface area contributed by atoms with Gasteiger partial charge in [0.15, 0.2) is 0 Å². The zero-order valence-electron chi connectivity index (χ0n) is 19.9. The van der Waals surface area contributed by atoms with Crippen molar-refractivity contribution in [2.24, 2.45) is 0 Å². The van der Waals surface area contributed by atoms with E-state index in [1.54, 1.807) is 36.4 Å². The molecule has 0 aliphatic carbocycles. The number of sulfonamides is 1. The highest BCUT2D eigenvalue weighted by Gasteiger charge is 2.27. The summed E-state index contributed by atoms with van der Waals surface area (Å²) in [6.45, 7) is 6.01. The third kappa shape index (κ3) is 7.09. The lowest BCUT2D eigenvalue weighted by Crippen LogP contribution is -2.41. The molecule has 0 unspecified atom stereocenters. The lowest BCUT2D eigenvalue weighted by Gasteiger charge is -2.24. The van der Waals surface area contributed by atoms with Gasteiger partial charge in [-0.15, -0.1) is 0 Å². The summed E-state index contributed by atoms with van der Waals surface area (Å²) in [7, 11) is -3.90. The number of nitrogens with zero attached hydrogens (tertiary/aromatic N) is 1. The molecule has 3 aromatic rings. The van der Waals surface area contributed by atoms with Gasteiger partial charge in [0, 0.05) is 6.54 Å². The smallest absolute Gasteiger partial charge is 0.264 e. The molecule has 7 heteroatoms. The highest BCUT2D eigenvalue weighted by molar-refractivity contribution is 7.92. The lowest BCUT2D eigenvalue weighted by molar-refractivity contribution is -0.119. The largest absolute Gasteiger partial charge is 0.491 e. The molecule has 1 amide bonds. The molecule has 0 bridgehead atoms. The third-order valence-corrected chi connectivity index (χ3v) is 6.93. The molecule has 0 aliphatic rings. The molecule has 1 N–H and O–H groups in total. The van der Waals surface area contributed by atoms with E-state index in [2.05, 4.69) is 5.32 Å². The number of hydrogen-bond donors (Lipinski definition) is 1. The molecule has 0 saturated heterocycles. The van der Waals surface area contributed by atoms with Crippen molar-refractivity contribution in [3.63, 3.8) is 0 Å². The summed E-state index contributed by atoms with van der Waals surface area (Å²) in [6, 6.07) is 23.2. The maximum atomic E-state index is 13.3. The van der Waals surface area contributed by atoms with Crippen LogP contribution in [0.2, 0.25) is 0 Å². The number of anilines is 1. The maximum Gasteiger partial charge on any atom is 0.264 e.